The van der Waals surface area contributed by atoms with Gasteiger partial charge in [-0.1, -0.05) is 17.7 Å². The van der Waals surface area contributed by atoms with Crippen molar-refractivity contribution < 1.29 is 28.6 Å². The van der Waals surface area contributed by atoms with E-state index in [-0.39, 0.29) is 36.7 Å². The van der Waals surface area contributed by atoms with Crippen LogP contribution in [0.3, 0.4) is 0 Å². The number of hydrogen-bond acceptors (Lipinski definition) is 5. The summed E-state index contributed by atoms with van der Waals surface area (Å²) in [7, 11) is 1.17. The Morgan fingerprint density at radius 3 is 2.83 bits per heavy atom. The van der Waals surface area contributed by atoms with Crippen LogP contribution in [0.4, 0.5) is 9.18 Å². The lowest BCUT2D eigenvalue weighted by molar-refractivity contribution is 0.0302. The molecule has 0 bridgehead atoms. The van der Waals surface area contributed by atoms with E-state index in [1.54, 1.807) is 12.1 Å². The Labute approximate surface area is 176 Å². The molecule has 0 aliphatic carbocycles. The van der Waals surface area contributed by atoms with Gasteiger partial charge in [-0.05, 0) is 35.7 Å². The van der Waals surface area contributed by atoms with Crippen LogP contribution in [0.15, 0.2) is 35.3 Å². The van der Waals surface area contributed by atoms with Gasteiger partial charge in [-0.25, -0.2) is 14.0 Å². The fourth-order valence-corrected chi connectivity index (χ4v) is 3.71. The highest BCUT2D eigenvalue weighted by atomic mass is 35.5. The van der Waals surface area contributed by atoms with E-state index in [0.717, 1.165) is 0 Å². The molecular weight excluding hydrogens is 419 g/mol. The summed E-state index contributed by atoms with van der Waals surface area (Å²) in [5, 5.41) is 9.43. The van der Waals surface area contributed by atoms with Gasteiger partial charge in [-0.3, -0.25) is 4.79 Å². The third kappa shape index (κ3) is 4.63. The number of halogens is 2. The first-order valence-corrected chi connectivity index (χ1v) is 9.53. The number of methoxy groups -OCH3 is 1. The fraction of sp³-hybridized carbons (Fsp3) is 0.350. The number of nitrogens with one attached hydrogen (secondary N) is 1. The van der Waals surface area contributed by atoms with Crippen molar-refractivity contribution in [3.8, 4) is 0 Å². The van der Waals surface area contributed by atoms with Gasteiger partial charge in [0.2, 0.25) is 0 Å². The number of H-pyrrole nitrogens is 1. The van der Waals surface area contributed by atoms with Crippen molar-refractivity contribution in [1.29, 1.82) is 0 Å². The number of esters is 1. The molecular formula is C20H20ClFN2O6. The summed E-state index contributed by atoms with van der Waals surface area (Å²) in [4.78, 5) is 39.5. The van der Waals surface area contributed by atoms with Crippen LogP contribution in [0.5, 0.6) is 0 Å². The van der Waals surface area contributed by atoms with Gasteiger partial charge in [0.15, 0.2) is 0 Å². The number of hydrogen-bond donors (Lipinski definition) is 2. The highest BCUT2D eigenvalue weighted by Crippen LogP contribution is 2.33. The maximum absolute atomic E-state index is 14.1. The highest BCUT2D eigenvalue weighted by molar-refractivity contribution is 6.30. The molecule has 2 heterocycles. The Kier molecular flexibility index (Phi) is 6.73. The number of nitrogens with zero attached hydrogens (tertiary/aromatic N) is 1. The van der Waals surface area contributed by atoms with Gasteiger partial charge in [0, 0.05) is 25.2 Å². The monoisotopic (exact) mass is 438 g/mol. The predicted molar refractivity (Wildman–Crippen MR) is 105 cm³/mol. The first-order valence-electron chi connectivity index (χ1n) is 9.15. The van der Waals surface area contributed by atoms with Crippen molar-refractivity contribution in [1.82, 2.24) is 9.88 Å². The van der Waals surface area contributed by atoms with Crippen LogP contribution in [0.1, 0.15) is 27.6 Å². The summed E-state index contributed by atoms with van der Waals surface area (Å²) in [6.45, 7) is 0.312. The van der Waals surface area contributed by atoms with Crippen molar-refractivity contribution in [3.05, 3.63) is 68.3 Å². The third-order valence-electron chi connectivity index (χ3n) is 5.00. The molecule has 1 aliphatic heterocycles. The molecule has 1 aliphatic rings. The molecule has 1 aromatic carbocycles. The number of aromatic amines is 1. The van der Waals surface area contributed by atoms with Crippen molar-refractivity contribution in [3.63, 3.8) is 0 Å². The molecule has 2 N–H and O–H groups in total. The molecule has 1 fully saturated rings. The molecule has 0 radical (unpaired) electrons. The molecule has 30 heavy (non-hydrogen) atoms. The topological polar surface area (TPSA) is 109 Å². The van der Waals surface area contributed by atoms with Crippen LogP contribution in [0.25, 0.3) is 0 Å². The zero-order valence-electron chi connectivity index (χ0n) is 16.1. The minimum Gasteiger partial charge on any atom is -0.465 e. The van der Waals surface area contributed by atoms with Crippen molar-refractivity contribution in [2.24, 2.45) is 5.92 Å². The number of carbonyl (C=O) groups is 2. The average molecular weight is 439 g/mol. The lowest BCUT2D eigenvalue weighted by Gasteiger charge is -2.27. The SMILES string of the molecule is COC(=O)c1c(CC2CN(C(=O)O)CCOC2c2ccc(Cl)c(F)c2)cc[nH]c1=O. The van der Waals surface area contributed by atoms with Crippen LogP contribution in [0, 0.1) is 11.7 Å². The van der Waals surface area contributed by atoms with Crippen LogP contribution in [-0.4, -0.2) is 53.9 Å². The molecule has 0 spiro atoms. The lowest BCUT2D eigenvalue weighted by Crippen LogP contribution is -2.36. The summed E-state index contributed by atoms with van der Waals surface area (Å²) in [6, 6.07) is 5.82. The summed E-state index contributed by atoms with van der Waals surface area (Å²) < 4.78 is 24.7. The number of aromatic nitrogens is 1. The van der Waals surface area contributed by atoms with Crippen LogP contribution in [-0.2, 0) is 15.9 Å². The standard InChI is InChI=1S/C20H20ClFN2O6/c1-29-19(26)16-11(4-5-23-18(16)25)8-13-10-24(20(27)28)6-7-30-17(13)12-2-3-14(21)15(22)9-12/h2-5,9,13,17H,6-8,10H2,1H3,(H,23,25)(H,27,28). The Morgan fingerprint density at radius 2 is 2.17 bits per heavy atom. The zero-order valence-corrected chi connectivity index (χ0v) is 16.8. The molecule has 1 saturated heterocycles. The fourth-order valence-electron chi connectivity index (χ4n) is 3.60. The summed E-state index contributed by atoms with van der Waals surface area (Å²) in [5.74, 6) is -1.93. The smallest absolute Gasteiger partial charge is 0.407 e. The van der Waals surface area contributed by atoms with E-state index in [1.807, 2.05) is 0 Å². The van der Waals surface area contributed by atoms with Crippen LogP contribution >= 0.6 is 11.6 Å². The number of pyridine rings is 1. The second-order valence-corrected chi connectivity index (χ2v) is 7.26. The van der Waals surface area contributed by atoms with E-state index < -0.39 is 35.5 Å². The molecule has 2 unspecified atom stereocenters. The lowest BCUT2D eigenvalue weighted by atomic mass is 9.88. The predicted octanol–water partition coefficient (Wildman–Crippen LogP) is 2.86. The van der Waals surface area contributed by atoms with Gasteiger partial charge < -0.3 is 24.5 Å². The van der Waals surface area contributed by atoms with Crippen molar-refractivity contribution in [2.45, 2.75) is 12.5 Å². The second kappa shape index (κ2) is 9.27. The van der Waals surface area contributed by atoms with E-state index in [0.29, 0.717) is 11.1 Å². The number of benzene rings is 1. The van der Waals surface area contributed by atoms with Gasteiger partial charge in [-0.2, -0.15) is 0 Å². The number of carbonyl (C=O) groups excluding carboxylic acids is 1. The third-order valence-corrected chi connectivity index (χ3v) is 5.31. The summed E-state index contributed by atoms with van der Waals surface area (Å²) in [6.07, 6.45) is -0.266. The Morgan fingerprint density at radius 1 is 1.40 bits per heavy atom. The van der Waals surface area contributed by atoms with Gasteiger partial charge in [0.25, 0.3) is 5.56 Å². The van der Waals surface area contributed by atoms with Crippen molar-refractivity contribution in [2.75, 3.05) is 26.8 Å². The molecule has 10 heteroatoms. The van der Waals surface area contributed by atoms with E-state index in [9.17, 15) is 23.9 Å². The molecule has 2 aromatic rings. The minimum atomic E-state index is -1.12. The van der Waals surface area contributed by atoms with Crippen LogP contribution < -0.4 is 5.56 Å². The largest absolute Gasteiger partial charge is 0.465 e. The molecule has 1 amide bonds. The number of carboxylic acid groups (broad SMARTS) is 1. The maximum atomic E-state index is 14.1. The highest BCUT2D eigenvalue weighted by Gasteiger charge is 2.33. The number of rotatable bonds is 4. The first-order chi connectivity index (χ1) is 14.3. The normalized spacial score (nSPS) is 19.2. The van der Waals surface area contributed by atoms with Gasteiger partial charge in [0.05, 0.1) is 24.8 Å². The van der Waals surface area contributed by atoms with E-state index in [1.165, 1.54) is 30.3 Å². The first kappa shape index (κ1) is 21.8. The van der Waals surface area contributed by atoms with E-state index in [4.69, 9.17) is 21.1 Å². The average Bonchev–Trinajstić information content (AvgIpc) is 2.92. The van der Waals surface area contributed by atoms with Crippen molar-refractivity contribution >= 4 is 23.7 Å². The Hall–Kier alpha value is -2.91. The minimum absolute atomic E-state index is 0.0429. The number of ether oxygens (including phenoxy) is 2. The summed E-state index contributed by atoms with van der Waals surface area (Å²) in [5.41, 5.74) is 0.0923. The molecule has 160 valence electrons. The Balaban J connectivity index is 2.02. The molecule has 3 rings (SSSR count). The van der Waals surface area contributed by atoms with Gasteiger partial charge >= 0.3 is 12.1 Å². The van der Waals surface area contributed by atoms with Crippen LogP contribution in [0.2, 0.25) is 5.02 Å². The molecule has 2 atom stereocenters. The van der Waals surface area contributed by atoms with Gasteiger partial charge in [0.1, 0.15) is 11.4 Å². The maximum Gasteiger partial charge on any atom is 0.407 e. The number of amides is 1. The summed E-state index contributed by atoms with van der Waals surface area (Å²) >= 11 is 5.78. The molecule has 8 nitrogen and oxygen atoms in total. The molecule has 0 saturated carbocycles. The van der Waals surface area contributed by atoms with Gasteiger partial charge in [-0.15, -0.1) is 0 Å². The van der Waals surface area contributed by atoms with E-state index in [2.05, 4.69) is 4.98 Å². The zero-order chi connectivity index (χ0) is 21.8. The molecule has 1 aromatic heterocycles. The second-order valence-electron chi connectivity index (χ2n) is 6.86. The van der Waals surface area contributed by atoms with E-state index >= 15 is 0 Å². The Bertz CT molecular complexity index is 1010. The quantitative estimate of drug-likeness (QED) is 0.710.